The molecule has 1 aromatic heterocycles. The molecule has 2 rings (SSSR count). The van der Waals surface area contributed by atoms with Gasteiger partial charge in [0, 0.05) is 12.4 Å². The van der Waals surface area contributed by atoms with Gasteiger partial charge in [0.2, 0.25) is 5.91 Å². The molecular formula is C15H16BFN4O4. The lowest BCUT2D eigenvalue weighted by Crippen LogP contribution is -2.38. The van der Waals surface area contributed by atoms with Crippen molar-refractivity contribution < 1.29 is 24.0 Å². The van der Waals surface area contributed by atoms with Gasteiger partial charge in [-0.1, -0.05) is 12.1 Å². The first-order valence-corrected chi connectivity index (χ1v) is 7.41. The number of hydrogen-bond acceptors (Lipinski definition) is 6. The van der Waals surface area contributed by atoms with Gasteiger partial charge in [0.25, 0.3) is 5.91 Å². The molecular weight excluding hydrogens is 330 g/mol. The van der Waals surface area contributed by atoms with Crippen molar-refractivity contribution in [1.29, 1.82) is 0 Å². The van der Waals surface area contributed by atoms with E-state index in [2.05, 4.69) is 20.6 Å². The van der Waals surface area contributed by atoms with Crippen LogP contribution in [0, 0.1) is 5.82 Å². The van der Waals surface area contributed by atoms with Crippen LogP contribution < -0.4 is 10.6 Å². The number of aromatic nitrogens is 2. The van der Waals surface area contributed by atoms with Crippen LogP contribution in [0.2, 0.25) is 0 Å². The number of benzene rings is 1. The van der Waals surface area contributed by atoms with Gasteiger partial charge in [0.15, 0.2) is 0 Å². The van der Waals surface area contributed by atoms with Crippen LogP contribution in [0.5, 0.6) is 0 Å². The second-order valence-electron chi connectivity index (χ2n) is 5.16. The molecule has 0 spiro atoms. The number of nitrogens with one attached hydrogen (secondary N) is 2. The van der Waals surface area contributed by atoms with E-state index in [0.717, 1.165) is 0 Å². The number of amides is 2. The first kappa shape index (κ1) is 18.5. The Bertz CT molecular complexity index is 732. The van der Waals surface area contributed by atoms with Crippen molar-refractivity contribution in [2.75, 3.05) is 6.44 Å². The van der Waals surface area contributed by atoms with Gasteiger partial charge in [-0.2, -0.15) is 0 Å². The Balaban J connectivity index is 2.14. The molecule has 2 amide bonds. The van der Waals surface area contributed by atoms with Crippen LogP contribution in [-0.4, -0.2) is 45.4 Å². The Morgan fingerprint density at radius 1 is 1.28 bits per heavy atom. The number of carbonyl (C=O) groups is 2. The highest BCUT2D eigenvalue weighted by atomic mass is 19.1. The number of halogens is 1. The van der Waals surface area contributed by atoms with Crippen molar-refractivity contribution in [2.45, 2.75) is 12.5 Å². The third-order valence-electron chi connectivity index (χ3n) is 3.22. The molecule has 0 aliphatic carbocycles. The summed E-state index contributed by atoms with van der Waals surface area (Å²) in [5, 5.41) is 22.5. The second kappa shape index (κ2) is 8.85. The van der Waals surface area contributed by atoms with Crippen LogP contribution in [0.25, 0.3) is 0 Å². The Hall–Kier alpha value is -2.85. The number of hydrogen-bond donors (Lipinski definition) is 4. The van der Waals surface area contributed by atoms with Crippen LogP contribution >= 0.6 is 0 Å². The topological polar surface area (TPSA) is 124 Å². The predicted molar refractivity (Wildman–Crippen MR) is 86.5 cm³/mol. The summed E-state index contributed by atoms with van der Waals surface area (Å²) in [7, 11) is -1.69. The van der Waals surface area contributed by atoms with Crippen molar-refractivity contribution >= 4 is 18.9 Å². The Morgan fingerprint density at radius 3 is 2.72 bits per heavy atom. The standard InChI is InChI=1S/C15H16BFN4O4/c17-11-3-1-2-10(6-11)12(7-14(22)20-9-16(24)25)21-15(23)13-8-18-4-5-19-13/h1-6,8,12,24-25H,7,9H2,(H,20,22)(H,21,23). The Morgan fingerprint density at radius 2 is 2.08 bits per heavy atom. The van der Waals surface area contributed by atoms with E-state index in [1.807, 2.05) is 0 Å². The Labute approximate surface area is 143 Å². The number of rotatable bonds is 7. The number of carbonyl (C=O) groups excluding carboxylic acids is 2. The lowest BCUT2D eigenvalue weighted by atomic mass is 9.92. The molecule has 0 saturated carbocycles. The first-order valence-electron chi connectivity index (χ1n) is 7.41. The van der Waals surface area contributed by atoms with E-state index < -0.39 is 30.8 Å². The highest BCUT2D eigenvalue weighted by Crippen LogP contribution is 2.18. The summed E-state index contributed by atoms with van der Waals surface area (Å²) in [5.74, 6) is -1.62. The van der Waals surface area contributed by atoms with E-state index in [9.17, 15) is 14.0 Å². The molecule has 4 N–H and O–H groups in total. The van der Waals surface area contributed by atoms with Crippen LogP contribution in [0.3, 0.4) is 0 Å². The van der Waals surface area contributed by atoms with Gasteiger partial charge in [-0.05, 0) is 17.7 Å². The van der Waals surface area contributed by atoms with Crippen molar-refractivity contribution in [1.82, 2.24) is 20.6 Å². The summed E-state index contributed by atoms with van der Waals surface area (Å²) in [6.45, 7) is 0. The molecule has 1 atom stereocenters. The van der Waals surface area contributed by atoms with E-state index in [4.69, 9.17) is 10.0 Å². The summed E-state index contributed by atoms with van der Waals surface area (Å²) in [6, 6.07) is 4.64. The minimum Gasteiger partial charge on any atom is -0.426 e. The molecule has 0 aliphatic heterocycles. The van der Waals surface area contributed by atoms with Gasteiger partial charge in [-0.3, -0.25) is 14.6 Å². The zero-order chi connectivity index (χ0) is 18.2. The summed E-state index contributed by atoms with van der Waals surface area (Å²) in [4.78, 5) is 31.8. The van der Waals surface area contributed by atoms with Gasteiger partial charge in [-0.25, -0.2) is 9.37 Å². The van der Waals surface area contributed by atoms with E-state index >= 15 is 0 Å². The van der Waals surface area contributed by atoms with Crippen molar-refractivity contribution in [3.63, 3.8) is 0 Å². The maximum absolute atomic E-state index is 13.5. The highest BCUT2D eigenvalue weighted by molar-refractivity contribution is 6.41. The van der Waals surface area contributed by atoms with Crippen LogP contribution in [-0.2, 0) is 4.79 Å². The van der Waals surface area contributed by atoms with E-state index in [-0.39, 0.29) is 18.6 Å². The Kier molecular flexibility index (Phi) is 6.55. The van der Waals surface area contributed by atoms with Crippen LogP contribution in [0.1, 0.15) is 28.5 Å². The predicted octanol–water partition coefficient (Wildman–Crippen LogP) is -0.395. The molecule has 1 unspecified atom stereocenters. The summed E-state index contributed by atoms with van der Waals surface area (Å²) in [6.07, 6.45) is 3.45. The second-order valence-corrected chi connectivity index (χ2v) is 5.16. The lowest BCUT2D eigenvalue weighted by molar-refractivity contribution is -0.121. The smallest absolute Gasteiger partial charge is 0.426 e. The normalized spacial score (nSPS) is 11.5. The van der Waals surface area contributed by atoms with Crippen molar-refractivity contribution in [3.8, 4) is 0 Å². The fourth-order valence-electron chi connectivity index (χ4n) is 2.09. The fourth-order valence-corrected chi connectivity index (χ4v) is 2.09. The summed E-state index contributed by atoms with van der Waals surface area (Å²) >= 11 is 0. The molecule has 2 aromatic rings. The fraction of sp³-hybridized carbons (Fsp3) is 0.200. The quantitative estimate of drug-likeness (QED) is 0.506. The molecule has 0 bridgehead atoms. The van der Waals surface area contributed by atoms with Gasteiger partial charge < -0.3 is 20.7 Å². The van der Waals surface area contributed by atoms with Gasteiger partial charge in [0.1, 0.15) is 11.5 Å². The maximum Gasteiger partial charge on any atom is 0.472 e. The van der Waals surface area contributed by atoms with Crippen molar-refractivity contribution in [3.05, 3.63) is 59.9 Å². The lowest BCUT2D eigenvalue weighted by Gasteiger charge is -2.19. The zero-order valence-corrected chi connectivity index (χ0v) is 13.1. The molecule has 10 heteroatoms. The summed E-state index contributed by atoms with van der Waals surface area (Å²) < 4.78 is 13.5. The maximum atomic E-state index is 13.5. The molecule has 130 valence electrons. The molecule has 0 aliphatic rings. The molecule has 1 aromatic carbocycles. The van der Waals surface area contributed by atoms with Crippen LogP contribution in [0.4, 0.5) is 4.39 Å². The van der Waals surface area contributed by atoms with E-state index in [1.165, 1.54) is 36.8 Å². The average Bonchev–Trinajstić information content (AvgIpc) is 2.60. The third-order valence-corrected chi connectivity index (χ3v) is 3.22. The van der Waals surface area contributed by atoms with Gasteiger partial charge in [-0.15, -0.1) is 0 Å². The molecule has 1 heterocycles. The largest absolute Gasteiger partial charge is 0.472 e. The molecule has 0 saturated heterocycles. The molecule has 25 heavy (non-hydrogen) atoms. The minimum absolute atomic E-state index is 0.0510. The van der Waals surface area contributed by atoms with Crippen molar-refractivity contribution in [2.24, 2.45) is 0 Å². The summed E-state index contributed by atoms with van der Waals surface area (Å²) in [5.41, 5.74) is 0.437. The third kappa shape index (κ3) is 5.94. The van der Waals surface area contributed by atoms with Crippen LogP contribution in [0.15, 0.2) is 42.9 Å². The molecule has 8 nitrogen and oxygen atoms in total. The van der Waals surface area contributed by atoms with Gasteiger partial charge in [0.05, 0.1) is 25.1 Å². The molecule has 0 fully saturated rings. The highest BCUT2D eigenvalue weighted by Gasteiger charge is 2.21. The zero-order valence-electron chi connectivity index (χ0n) is 13.1. The van der Waals surface area contributed by atoms with E-state index in [1.54, 1.807) is 6.07 Å². The van der Waals surface area contributed by atoms with Gasteiger partial charge >= 0.3 is 7.12 Å². The molecule has 0 radical (unpaired) electrons. The van der Waals surface area contributed by atoms with E-state index in [0.29, 0.717) is 5.56 Å². The average molecular weight is 346 g/mol. The minimum atomic E-state index is -1.69. The monoisotopic (exact) mass is 346 g/mol. The number of nitrogens with zero attached hydrogens (tertiary/aromatic N) is 2. The first-order chi connectivity index (χ1) is 12.0. The SMILES string of the molecule is O=C(CC(NC(=O)c1cnccn1)c1cccc(F)c1)NCB(O)O.